The number of benzene rings is 1. The fourth-order valence-corrected chi connectivity index (χ4v) is 4.19. The second kappa shape index (κ2) is 6.77. The molecule has 5 heteroatoms. The molecule has 1 N–H and O–H groups in total. The van der Waals surface area contributed by atoms with E-state index in [4.69, 9.17) is 23.2 Å². The molecule has 22 heavy (non-hydrogen) atoms. The van der Waals surface area contributed by atoms with Crippen molar-refractivity contribution >= 4 is 29.1 Å². The molecular formula is C17H22Cl2N2O. The minimum Gasteiger partial charge on any atom is -0.335 e. The molecule has 1 aromatic carbocycles. The summed E-state index contributed by atoms with van der Waals surface area (Å²) in [6.07, 6.45) is 4.00. The second-order valence-electron chi connectivity index (χ2n) is 6.46. The van der Waals surface area contributed by atoms with Gasteiger partial charge < -0.3 is 10.2 Å². The Hall–Kier alpha value is -0.770. The van der Waals surface area contributed by atoms with E-state index in [0.29, 0.717) is 28.5 Å². The maximum absolute atomic E-state index is 12.9. The smallest absolute Gasteiger partial charge is 0.226 e. The Morgan fingerprint density at radius 1 is 1.32 bits per heavy atom. The summed E-state index contributed by atoms with van der Waals surface area (Å²) in [5.74, 6) is 0.210. The number of hydrogen-bond acceptors (Lipinski definition) is 2. The van der Waals surface area contributed by atoms with Gasteiger partial charge in [-0.2, -0.15) is 0 Å². The van der Waals surface area contributed by atoms with Gasteiger partial charge in [0.1, 0.15) is 0 Å². The van der Waals surface area contributed by atoms with E-state index in [1.807, 2.05) is 19.1 Å². The SMILES string of the molecule is CC(Cc1ccc(Cl)cc1Cl)C(=O)N1C2CCNCC1CC2. The van der Waals surface area contributed by atoms with E-state index in [9.17, 15) is 4.79 Å². The van der Waals surface area contributed by atoms with Gasteiger partial charge >= 0.3 is 0 Å². The average Bonchev–Trinajstić information content (AvgIpc) is 2.74. The number of rotatable bonds is 3. The Labute approximate surface area is 142 Å². The zero-order valence-electron chi connectivity index (χ0n) is 12.8. The van der Waals surface area contributed by atoms with Crippen molar-refractivity contribution in [2.24, 2.45) is 5.92 Å². The maximum atomic E-state index is 12.9. The van der Waals surface area contributed by atoms with E-state index in [1.54, 1.807) is 6.07 Å². The van der Waals surface area contributed by atoms with Crippen molar-refractivity contribution in [2.75, 3.05) is 13.1 Å². The number of amides is 1. The van der Waals surface area contributed by atoms with Crippen LogP contribution in [0.4, 0.5) is 0 Å². The molecule has 3 rings (SSSR count). The van der Waals surface area contributed by atoms with Crippen molar-refractivity contribution in [3.8, 4) is 0 Å². The summed E-state index contributed by atoms with van der Waals surface area (Å²) in [7, 11) is 0. The number of fused-ring (bicyclic) bond motifs is 2. The standard InChI is InChI=1S/C17H22Cl2N2O/c1-11(8-12-2-3-13(18)9-16(12)19)17(22)21-14-4-5-15(21)10-20-7-6-14/h2-3,9,11,14-15,20H,4-8,10H2,1H3. The number of carbonyl (C=O) groups excluding carboxylic acids is 1. The summed E-state index contributed by atoms with van der Waals surface area (Å²) in [4.78, 5) is 15.1. The highest BCUT2D eigenvalue weighted by atomic mass is 35.5. The van der Waals surface area contributed by atoms with Gasteiger partial charge in [-0.15, -0.1) is 0 Å². The van der Waals surface area contributed by atoms with E-state index < -0.39 is 0 Å². The van der Waals surface area contributed by atoms with E-state index in [1.165, 1.54) is 0 Å². The van der Waals surface area contributed by atoms with Crippen LogP contribution in [0.5, 0.6) is 0 Å². The number of carbonyl (C=O) groups is 1. The van der Waals surface area contributed by atoms with Gasteiger partial charge in [-0.05, 0) is 49.9 Å². The average molecular weight is 341 g/mol. The summed E-state index contributed by atoms with van der Waals surface area (Å²) >= 11 is 12.2. The van der Waals surface area contributed by atoms with Crippen molar-refractivity contribution in [1.82, 2.24) is 10.2 Å². The zero-order chi connectivity index (χ0) is 15.7. The Bertz CT molecular complexity index is 550. The summed E-state index contributed by atoms with van der Waals surface area (Å²) in [5, 5.41) is 4.71. The van der Waals surface area contributed by atoms with Crippen LogP contribution in [-0.4, -0.2) is 36.0 Å². The van der Waals surface area contributed by atoms with Crippen LogP contribution in [0.25, 0.3) is 0 Å². The highest BCUT2D eigenvalue weighted by molar-refractivity contribution is 6.35. The van der Waals surface area contributed by atoms with Gasteiger partial charge in [-0.3, -0.25) is 4.79 Å². The molecule has 0 aliphatic carbocycles. The third-order valence-electron chi connectivity index (χ3n) is 4.87. The fourth-order valence-electron chi connectivity index (χ4n) is 3.70. The molecule has 2 aliphatic heterocycles. The van der Waals surface area contributed by atoms with Gasteiger partial charge in [-0.25, -0.2) is 0 Å². The first kappa shape index (κ1) is 16.1. The molecule has 1 amide bonds. The van der Waals surface area contributed by atoms with Crippen LogP contribution in [0.3, 0.4) is 0 Å². The van der Waals surface area contributed by atoms with Crippen molar-refractivity contribution < 1.29 is 4.79 Å². The number of nitrogens with zero attached hydrogens (tertiary/aromatic N) is 1. The summed E-state index contributed by atoms with van der Waals surface area (Å²) in [5.41, 5.74) is 0.993. The van der Waals surface area contributed by atoms with Crippen LogP contribution in [0, 0.1) is 5.92 Å². The van der Waals surface area contributed by atoms with Crippen LogP contribution in [0.2, 0.25) is 10.0 Å². The molecule has 3 unspecified atom stereocenters. The van der Waals surface area contributed by atoms with E-state index >= 15 is 0 Å². The van der Waals surface area contributed by atoms with Gasteiger partial charge in [0.2, 0.25) is 5.91 Å². The molecule has 1 aromatic rings. The van der Waals surface area contributed by atoms with E-state index in [0.717, 1.165) is 37.9 Å². The van der Waals surface area contributed by atoms with Gasteiger partial charge in [0, 0.05) is 34.6 Å². The number of halogens is 2. The Kier molecular flexibility index (Phi) is 4.96. The van der Waals surface area contributed by atoms with Crippen molar-refractivity contribution in [3.05, 3.63) is 33.8 Å². The second-order valence-corrected chi connectivity index (χ2v) is 7.31. The third kappa shape index (κ3) is 3.27. The Balaban J connectivity index is 1.71. The largest absolute Gasteiger partial charge is 0.335 e. The third-order valence-corrected chi connectivity index (χ3v) is 5.46. The molecule has 120 valence electrons. The lowest BCUT2D eigenvalue weighted by atomic mass is 9.98. The predicted molar refractivity (Wildman–Crippen MR) is 90.5 cm³/mol. The van der Waals surface area contributed by atoms with Crippen LogP contribution >= 0.6 is 23.2 Å². The first-order chi connectivity index (χ1) is 10.6. The normalized spacial score (nSPS) is 25.9. The number of nitrogens with one attached hydrogen (secondary N) is 1. The first-order valence-electron chi connectivity index (χ1n) is 8.03. The lowest BCUT2D eigenvalue weighted by Crippen LogP contribution is -2.45. The van der Waals surface area contributed by atoms with Gasteiger partial charge in [-0.1, -0.05) is 36.2 Å². The molecule has 0 saturated carbocycles. The molecule has 2 saturated heterocycles. The van der Waals surface area contributed by atoms with Crippen molar-refractivity contribution in [2.45, 2.75) is 44.7 Å². The molecule has 0 spiro atoms. The Morgan fingerprint density at radius 3 is 2.86 bits per heavy atom. The zero-order valence-corrected chi connectivity index (χ0v) is 14.3. The fraction of sp³-hybridized carbons (Fsp3) is 0.588. The van der Waals surface area contributed by atoms with Crippen LogP contribution < -0.4 is 5.32 Å². The van der Waals surface area contributed by atoms with E-state index in [2.05, 4.69) is 10.2 Å². The highest BCUT2D eigenvalue weighted by Gasteiger charge is 2.39. The minimum atomic E-state index is -0.0557. The molecule has 2 fully saturated rings. The molecule has 2 bridgehead atoms. The summed E-state index contributed by atoms with van der Waals surface area (Å²) < 4.78 is 0. The molecule has 3 atom stereocenters. The van der Waals surface area contributed by atoms with Crippen LogP contribution in [0.15, 0.2) is 18.2 Å². The lowest BCUT2D eigenvalue weighted by Gasteiger charge is -2.30. The van der Waals surface area contributed by atoms with Gasteiger partial charge in [0.25, 0.3) is 0 Å². The van der Waals surface area contributed by atoms with Gasteiger partial charge in [0.05, 0.1) is 0 Å². The first-order valence-corrected chi connectivity index (χ1v) is 8.78. The van der Waals surface area contributed by atoms with Crippen LogP contribution in [-0.2, 0) is 11.2 Å². The topological polar surface area (TPSA) is 32.3 Å². The quantitative estimate of drug-likeness (QED) is 0.912. The lowest BCUT2D eigenvalue weighted by molar-refractivity contribution is -0.137. The van der Waals surface area contributed by atoms with E-state index in [-0.39, 0.29) is 11.8 Å². The van der Waals surface area contributed by atoms with Crippen LogP contribution in [0.1, 0.15) is 31.7 Å². The predicted octanol–water partition coefficient (Wildman–Crippen LogP) is 3.52. The highest BCUT2D eigenvalue weighted by Crippen LogP contribution is 2.31. The van der Waals surface area contributed by atoms with Gasteiger partial charge in [0.15, 0.2) is 0 Å². The molecule has 0 radical (unpaired) electrons. The van der Waals surface area contributed by atoms with Crippen molar-refractivity contribution in [3.63, 3.8) is 0 Å². The maximum Gasteiger partial charge on any atom is 0.226 e. The molecule has 2 heterocycles. The Morgan fingerprint density at radius 2 is 2.09 bits per heavy atom. The number of hydrogen-bond donors (Lipinski definition) is 1. The minimum absolute atomic E-state index is 0.0557. The summed E-state index contributed by atoms with van der Waals surface area (Å²) in [6, 6.07) is 6.28. The van der Waals surface area contributed by atoms with Crippen molar-refractivity contribution in [1.29, 1.82) is 0 Å². The summed E-state index contributed by atoms with van der Waals surface area (Å²) in [6.45, 7) is 3.95. The monoisotopic (exact) mass is 340 g/mol. The molecule has 0 aromatic heterocycles. The molecule has 2 aliphatic rings. The molecule has 3 nitrogen and oxygen atoms in total. The molecular weight excluding hydrogens is 319 g/mol.